The van der Waals surface area contributed by atoms with Crippen LogP contribution < -0.4 is 10.2 Å². The number of hydrazone groups is 1. The van der Waals surface area contributed by atoms with Crippen LogP contribution in [0.1, 0.15) is 28.5 Å². The van der Waals surface area contributed by atoms with Gasteiger partial charge in [-0.15, -0.1) is 0 Å². The fraction of sp³-hybridized carbons (Fsp3) is 0.0645. The molecule has 6 heteroatoms. The van der Waals surface area contributed by atoms with E-state index < -0.39 is 0 Å². The van der Waals surface area contributed by atoms with E-state index in [9.17, 15) is 4.79 Å². The lowest BCUT2D eigenvalue weighted by Gasteiger charge is -2.07. The lowest BCUT2D eigenvalue weighted by Crippen LogP contribution is -2.19. The summed E-state index contributed by atoms with van der Waals surface area (Å²) < 4.78 is 5.91. The van der Waals surface area contributed by atoms with Crippen molar-refractivity contribution in [3.63, 3.8) is 0 Å². The van der Waals surface area contributed by atoms with Gasteiger partial charge in [0.25, 0.3) is 5.91 Å². The maximum absolute atomic E-state index is 12.7. The summed E-state index contributed by atoms with van der Waals surface area (Å²) in [4.78, 5) is 12.7. The number of H-pyrrole nitrogens is 1. The maximum atomic E-state index is 12.7. The van der Waals surface area contributed by atoms with Crippen LogP contribution in [0.2, 0.25) is 0 Å². The molecule has 6 nitrogen and oxygen atoms in total. The number of rotatable bonds is 8. The summed E-state index contributed by atoms with van der Waals surface area (Å²) >= 11 is 0. The number of aromatic amines is 1. The summed E-state index contributed by atoms with van der Waals surface area (Å²) in [5.74, 6) is 0.365. The summed E-state index contributed by atoms with van der Waals surface area (Å²) in [6.45, 7) is 2.34. The van der Waals surface area contributed by atoms with Gasteiger partial charge < -0.3 is 4.74 Å². The van der Waals surface area contributed by atoms with Crippen LogP contribution in [0.3, 0.4) is 0 Å². The Hall–Kier alpha value is -4.97. The van der Waals surface area contributed by atoms with Gasteiger partial charge in [-0.2, -0.15) is 10.2 Å². The second kappa shape index (κ2) is 11.2. The average Bonchev–Trinajstić information content (AvgIpc) is 3.47. The molecule has 0 fully saturated rings. The third-order valence-electron chi connectivity index (χ3n) is 5.94. The van der Waals surface area contributed by atoms with Gasteiger partial charge in [-0.3, -0.25) is 9.89 Å². The zero-order chi connectivity index (χ0) is 25.5. The molecule has 0 aliphatic rings. The van der Waals surface area contributed by atoms with Crippen LogP contribution >= 0.6 is 0 Å². The smallest absolute Gasteiger partial charge is 0.289 e. The number of benzene rings is 4. The van der Waals surface area contributed by atoms with Crippen molar-refractivity contribution in [3.8, 4) is 28.1 Å². The zero-order valence-electron chi connectivity index (χ0n) is 20.4. The maximum Gasteiger partial charge on any atom is 0.289 e. The summed E-state index contributed by atoms with van der Waals surface area (Å²) in [5, 5.41) is 11.4. The predicted molar refractivity (Wildman–Crippen MR) is 146 cm³/mol. The molecular weight excluding hydrogens is 460 g/mol. The van der Waals surface area contributed by atoms with Crippen LogP contribution in [0.25, 0.3) is 22.4 Å². The van der Waals surface area contributed by atoms with Crippen LogP contribution in [0.5, 0.6) is 5.75 Å². The standard InChI is InChI=1S/C31H26N4O2/c1-22(24-15-17-26(18-16-24)25-11-6-3-7-12-25)32-35-31(36)30-20-29(33-34-30)27-13-8-14-28(19-27)37-21-23-9-4-2-5-10-23/h2-20H,21H2,1H3,(H,33,34)(H,35,36)/b32-22+. The Labute approximate surface area is 215 Å². The van der Waals surface area contributed by atoms with E-state index in [4.69, 9.17) is 4.74 Å². The molecule has 1 amide bonds. The Morgan fingerprint density at radius 1 is 0.811 bits per heavy atom. The minimum atomic E-state index is -0.365. The molecule has 0 saturated heterocycles. The van der Waals surface area contributed by atoms with Gasteiger partial charge in [0, 0.05) is 5.56 Å². The highest BCUT2D eigenvalue weighted by molar-refractivity contribution is 6.01. The van der Waals surface area contributed by atoms with E-state index in [2.05, 4.69) is 32.9 Å². The fourth-order valence-corrected chi connectivity index (χ4v) is 3.87. The topological polar surface area (TPSA) is 79.4 Å². The third-order valence-corrected chi connectivity index (χ3v) is 5.94. The Bertz CT molecular complexity index is 1510. The molecule has 0 bridgehead atoms. The molecule has 5 rings (SSSR count). The first-order chi connectivity index (χ1) is 18.2. The Balaban J connectivity index is 1.21. The minimum absolute atomic E-state index is 0.321. The van der Waals surface area contributed by atoms with Crippen molar-refractivity contribution >= 4 is 11.6 Å². The van der Waals surface area contributed by atoms with Crippen LogP contribution in [0.15, 0.2) is 120 Å². The second-order valence-corrected chi connectivity index (χ2v) is 8.55. The van der Waals surface area contributed by atoms with Crippen molar-refractivity contribution in [1.82, 2.24) is 15.6 Å². The second-order valence-electron chi connectivity index (χ2n) is 8.55. The van der Waals surface area contributed by atoms with Gasteiger partial charge >= 0.3 is 0 Å². The molecule has 1 aromatic heterocycles. The predicted octanol–water partition coefficient (Wildman–Crippen LogP) is 6.48. The first-order valence-corrected chi connectivity index (χ1v) is 12.0. The highest BCUT2D eigenvalue weighted by atomic mass is 16.5. The molecule has 4 aromatic carbocycles. The number of ether oxygens (including phenoxy) is 1. The minimum Gasteiger partial charge on any atom is -0.489 e. The highest BCUT2D eigenvalue weighted by Crippen LogP contribution is 2.24. The fourth-order valence-electron chi connectivity index (χ4n) is 3.87. The van der Waals surface area contributed by atoms with E-state index in [0.29, 0.717) is 23.7 Å². The molecule has 37 heavy (non-hydrogen) atoms. The third kappa shape index (κ3) is 6.00. The Kier molecular flexibility index (Phi) is 7.18. The van der Waals surface area contributed by atoms with Crippen LogP contribution in [0.4, 0.5) is 0 Å². The highest BCUT2D eigenvalue weighted by Gasteiger charge is 2.12. The molecule has 0 atom stereocenters. The molecule has 0 radical (unpaired) electrons. The van der Waals surface area contributed by atoms with Crippen molar-refractivity contribution in [2.45, 2.75) is 13.5 Å². The summed E-state index contributed by atoms with van der Waals surface area (Å²) in [6.07, 6.45) is 0. The molecular formula is C31H26N4O2. The number of carbonyl (C=O) groups excluding carboxylic acids is 1. The number of nitrogens with zero attached hydrogens (tertiary/aromatic N) is 2. The Morgan fingerprint density at radius 2 is 1.49 bits per heavy atom. The monoisotopic (exact) mass is 486 g/mol. The van der Waals surface area contributed by atoms with Crippen molar-refractivity contribution in [3.05, 3.63) is 132 Å². The van der Waals surface area contributed by atoms with Crippen molar-refractivity contribution < 1.29 is 9.53 Å². The molecule has 1 heterocycles. The van der Waals surface area contributed by atoms with Crippen LogP contribution in [0, 0.1) is 0 Å². The van der Waals surface area contributed by atoms with Crippen molar-refractivity contribution in [2.75, 3.05) is 0 Å². The summed E-state index contributed by atoms with van der Waals surface area (Å²) in [6, 6.07) is 37.6. The van der Waals surface area contributed by atoms with Gasteiger partial charge in [-0.25, -0.2) is 5.43 Å². The normalized spacial score (nSPS) is 11.2. The van der Waals surface area contributed by atoms with Crippen molar-refractivity contribution in [2.24, 2.45) is 5.10 Å². The number of aromatic nitrogens is 2. The molecule has 0 unspecified atom stereocenters. The van der Waals surface area contributed by atoms with Gasteiger partial charge in [-0.1, -0.05) is 97.1 Å². The first-order valence-electron chi connectivity index (χ1n) is 12.0. The van der Waals surface area contributed by atoms with Gasteiger partial charge in [0.15, 0.2) is 0 Å². The number of hydrogen-bond acceptors (Lipinski definition) is 4. The van der Waals surface area contributed by atoms with Gasteiger partial charge in [0.05, 0.1) is 11.4 Å². The molecule has 0 spiro atoms. The van der Waals surface area contributed by atoms with E-state index >= 15 is 0 Å². The van der Waals surface area contributed by atoms with Gasteiger partial charge in [0.2, 0.25) is 0 Å². The SMILES string of the molecule is C/C(=N\NC(=O)c1cc(-c2cccc(OCc3ccccc3)c2)n[nH]1)c1ccc(-c2ccccc2)cc1. The number of amides is 1. The Morgan fingerprint density at radius 3 is 2.24 bits per heavy atom. The first kappa shape index (κ1) is 23.8. The summed E-state index contributed by atoms with van der Waals surface area (Å²) in [5.41, 5.74) is 9.43. The number of hydrogen-bond donors (Lipinski definition) is 2. The van der Waals surface area contributed by atoms with Crippen LogP contribution in [-0.4, -0.2) is 21.8 Å². The zero-order valence-corrected chi connectivity index (χ0v) is 20.4. The lowest BCUT2D eigenvalue weighted by atomic mass is 10.0. The molecule has 0 aliphatic carbocycles. The largest absolute Gasteiger partial charge is 0.489 e. The summed E-state index contributed by atoms with van der Waals surface area (Å²) in [7, 11) is 0. The molecule has 5 aromatic rings. The average molecular weight is 487 g/mol. The van der Waals surface area contributed by atoms with Gasteiger partial charge in [0.1, 0.15) is 18.1 Å². The quantitative estimate of drug-likeness (QED) is 0.195. The van der Waals surface area contributed by atoms with E-state index in [1.165, 1.54) is 0 Å². The lowest BCUT2D eigenvalue weighted by molar-refractivity contribution is 0.0950. The number of carbonyl (C=O) groups is 1. The van der Waals surface area contributed by atoms with E-state index in [0.717, 1.165) is 33.6 Å². The molecule has 0 saturated carbocycles. The molecule has 2 N–H and O–H groups in total. The number of nitrogens with one attached hydrogen (secondary N) is 2. The van der Waals surface area contributed by atoms with Crippen LogP contribution in [-0.2, 0) is 6.61 Å². The molecule has 182 valence electrons. The van der Waals surface area contributed by atoms with E-state index in [1.54, 1.807) is 6.07 Å². The molecule has 0 aliphatic heterocycles. The van der Waals surface area contributed by atoms with E-state index in [-0.39, 0.29) is 5.91 Å². The van der Waals surface area contributed by atoms with Gasteiger partial charge in [-0.05, 0) is 47.4 Å². The van der Waals surface area contributed by atoms with Crippen molar-refractivity contribution in [1.29, 1.82) is 0 Å². The van der Waals surface area contributed by atoms with E-state index in [1.807, 2.05) is 104 Å².